The number of piperidine rings is 1. The third-order valence-electron chi connectivity index (χ3n) is 4.12. The van der Waals surface area contributed by atoms with E-state index < -0.39 is 15.6 Å². The van der Waals surface area contributed by atoms with Gasteiger partial charge in [0.05, 0.1) is 11.3 Å². The number of nitrogens with two attached hydrogens (primary N) is 1. The topological polar surface area (TPSA) is 102 Å². The van der Waals surface area contributed by atoms with Gasteiger partial charge >= 0.3 is 0 Å². The Balaban J connectivity index is 1.66. The fourth-order valence-electron chi connectivity index (χ4n) is 2.58. The smallest absolute Gasteiger partial charge is 0.223 e. The lowest BCUT2D eigenvalue weighted by molar-refractivity contribution is 0.222. The number of hydrogen-bond acceptors (Lipinski definition) is 6. The standard InChI is InChI=1S/C12H20N4O3S/c1-9-14-11(15-19-9)12(13)4-6-16(7-5-12)20(17,18)8-10-2-3-10/h10H,2-8,13H2,1H3. The van der Waals surface area contributed by atoms with Gasteiger partial charge in [-0.05, 0) is 31.6 Å². The maximum atomic E-state index is 12.2. The molecule has 2 fully saturated rings. The molecule has 1 aromatic heterocycles. The third kappa shape index (κ3) is 2.72. The number of sulfonamides is 1. The Labute approximate surface area is 118 Å². The third-order valence-corrected chi connectivity index (χ3v) is 6.17. The first kappa shape index (κ1) is 14.0. The Kier molecular flexibility index (Phi) is 3.34. The van der Waals surface area contributed by atoms with Crippen LogP contribution in [0, 0.1) is 12.8 Å². The highest BCUT2D eigenvalue weighted by molar-refractivity contribution is 7.89. The number of hydrogen-bond donors (Lipinski definition) is 1. The van der Waals surface area contributed by atoms with Gasteiger partial charge in [-0.2, -0.15) is 4.98 Å². The molecular weight excluding hydrogens is 280 g/mol. The van der Waals surface area contributed by atoms with Crippen molar-refractivity contribution < 1.29 is 12.9 Å². The molecule has 20 heavy (non-hydrogen) atoms. The molecule has 0 bridgehead atoms. The second kappa shape index (κ2) is 4.78. The molecule has 0 aromatic carbocycles. The summed E-state index contributed by atoms with van der Waals surface area (Å²) in [7, 11) is -3.13. The minimum absolute atomic E-state index is 0.284. The number of nitrogens with zero attached hydrogens (tertiary/aromatic N) is 3. The zero-order valence-corrected chi connectivity index (χ0v) is 12.4. The molecule has 0 spiro atoms. The van der Waals surface area contributed by atoms with E-state index in [9.17, 15) is 8.42 Å². The first-order chi connectivity index (χ1) is 9.39. The lowest BCUT2D eigenvalue weighted by atomic mass is 9.89. The van der Waals surface area contributed by atoms with Crippen molar-refractivity contribution in [2.45, 2.75) is 38.1 Å². The van der Waals surface area contributed by atoms with Crippen molar-refractivity contribution in [3.63, 3.8) is 0 Å². The molecule has 2 aliphatic rings. The van der Waals surface area contributed by atoms with Crippen LogP contribution in [0.5, 0.6) is 0 Å². The fraction of sp³-hybridized carbons (Fsp3) is 0.833. The fourth-order valence-corrected chi connectivity index (χ4v) is 4.46. The quantitative estimate of drug-likeness (QED) is 0.861. The molecule has 7 nitrogen and oxygen atoms in total. The number of rotatable bonds is 4. The molecule has 0 amide bonds. The highest BCUT2D eigenvalue weighted by Crippen LogP contribution is 2.34. The van der Waals surface area contributed by atoms with E-state index in [0.717, 1.165) is 12.8 Å². The van der Waals surface area contributed by atoms with Crippen molar-refractivity contribution in [3.8, 4) is 0 Å². The maximum absolute atomic E-state index is 12.2. The van der Waals surface area contributed by atoms with Crippen molar-refractivity contribution >= 4 is 10.0 Å². The predicted octanol–water partition coefficient (Wildman–Crippen LogP) is 0.368. The summed E-state index contributed by atoms with van der Waals surface area (Å²) in [6, 6.07) is 0. The van der Waals surface area contributed by atoms with Crippen LogP contribution in [0.25, 0.3) is 0 Å². The predicted molar refractivity (Wildman–Crippen MR) is 72.2 cm³/mol. The molecule has 0 atom stereocenters. The van der Waals surface area contributed by atoms with Gasteiger partial charge in [-0.1, -0.05) is 5.16 Å². The Morgan fingerprint density at radius 1 is 1.40 bits per heavy atom. The summed E-state index contributed by atoms with van der Waals surface area (Å²) >= 11 is 0. The molecule has 1 aliphatic heterocycles. The van der Waals surface area contributed by atoms with Crippen LogP contribution in [-0.4, -0.2) is 41.7 Å². The summed E-state index contributed by atoms with van der Waals surface area (Å²) < 4.78 is 31.0. The maximum Gasteiger partial charge on any atom is 0.223 e. The molecule has 0 radical (unpaired) electrons. The van der Waals surface area contributed by atoms with E-state index in [-0.39, 0.29) is 5.75 Å². The largest absolute Gasteiger partial charge is 0.340 e. The van der Waals surface area contributed by atoms with E-state index in [0.29, 0.717) is 43.6 Å². The summed E-state index contributed by atoms with van der Waals surface area (Å²) in [5.41, 5.74) is 5.63. The molecule has 1 saturated carbocycles. The van der Waals surface area contributed by atoms with Crippen LogP contribution in [0.15, 0.2) is 4.52 Å². The Morgan fingerprint density at radius 2 is 2.05 bits per heavy atom. The van der Waals surface area contributed by atoms with Gasteiger partial charge in [0.2, 0.25) is 15.9 Å². The van der Waals surface area contributed by atoms with E-state index >= 15 is 0 Å². The molecule has 2 heterocycles. The lowest BCUT2D eigenvalue weighted by Crippen LogP contribution is -2.50. The summed E-state index contributed by atoms with van der Waals surface area (Å²) in [5, 5.41) is 3.88. The van der Waals surface area contributed by atoms with Crippen molar-refractivity contribution in [1.82, 2.24) is 14.4 Å². The minimum atomic E-state index is -3.13. The summed E-state index contributed by atoms with van der Waals surface area (Å²) in [5.74, 6) is 1.61. The second-order valence-electron chi connectivity index (χ2n) is 5.91. The van der Waals surface area contributed by atoms with Gasteiger partial charge in [0, 0.05) is 20.0 Å². The molecule has 3 rings (SSSR count). The lowest BCUT2D eigenvalue weighted by Gasteiger charge is -2.36. The van der Waals surface area contributed by atoms with Crippen LogP contribution >= 0.6 is 0 Å². The van der Waals surface area contributed by atoms with E-state index in [1.54, 1.807) is 11.2 Å². The van der Waals surface area contributed by atoms with Gasteiger partial charge in [0.25, 0.3) is 0 Å². The molecule has 1 aliphatic carbocycles. The first-order valence-corrected chi connectivity index (χ1v) is 8.57. The van der Waals surface area contributed by atoms with E-state index in [2.05, 4.69) is 10.1 Å². The van der Waals surface area contributed by atoms with Gasteiger partial charge in [-0.25, -0.2) is 12.7 Å². The monoisotopic (exact) mass is 300 g/mol. The molecule has 1 saturated heterocycles. The van der Waals surface area contributed by atoms with Crippen molar-refractivity contribution in [3.05, 3.63) is 11.7 Å². The number of aryl methyl sites for hydroxylation is 1. The first-order valence-electron chi connectivity index (χ1n) is 6.97. The zero-order valence-electron chi connectivity index (χ0n) is 11.6. The van der Waals surface area contributed by atoms with Crippen LogP contribution in [0.4, 0.5) is 0 Å². The average molecular weight is 300 g/mol. The molecule has 1 aromatic rings. The van der Waals surface area contributed by atoms with Gasteiger partial charge in [-0.3, -0.25) is 0 Å². The van der Waals surface area contributed by atoms with Crippen LogP contribution in [-0.2, 0) is 15.6 Å². The Hall–Kier alpha value is -0.990. The van der Waals surface area contributed by atoms with Crippen LogP contribution in [0.3, 0.4) is 0 Å². The SMILES string of the molecule is Cc1nc(C2(N)CCN(S(=O)(=O)CC3CC3)CC2)no1. The minimum Gasteiger partial charge on any atom is -0.340 e. The Bertz CT molecular complexity index is 586. The summed E-state index contributed by atoms with van der Waals surface area (Å²) in [6.07, 6.45) is 3.12. The van der Waals surface area contributed by atoms with Crippen molar-refractivity contribution in [2.75, 3.05) is 18.8 Å². The molecule has 0 unspecified atom stereocenters. The second-order valence-corrected chi connectivity index (χ2v) is 7.93. The van der Waals surface area contributed by atoms with Gasteiger partial charge in [0.1, 0.15) is 0 Å². The summed E-state index contributed by atoms with van der Waals surface area (Å²) in [4.78, 5) is 4.18. The van der Waals surface area contributed by atoms with Gasteiger partial charge < -0.3 is 10.3 Å². The molecule has 8 heteroatoms. The molecule has 112 valence electrons. The molecular formula is C12H20N4O3S. The Morgan fingerprint density at radius 3 is 2.55 bits per heavy atom. The summed E-state index contributed by atoms with van der Waals surface area (Å²) in [6.45, 7) is 2.58. The number of aromatic nitrogens is 2. The van der Waals surface area contributed by atoms with E-state index in [4.69, 9.17) is 10.3 Å². The van der Waals surface area contributed by atoms with Gasteiger partial charge in [0.15, 0.2) is 5.82 Å². The van der Waals surface area contributed by atoms with E-state index in [1.807, 2.05) is 0 Å². The molecule has 2 N–H and O–H groups in total. The van der Waals surface area contributed by atoms with E-state index in [1.165, 1.54) is 0 Å². The highest BCUT2D eigenvalue weighted by Gasteiger charge is 2.40. The van der Waals surface area contributed by atoms with Crippen LogP contribution < -0.4 is 5.73 Å². The van der Waals surface area contributed by atoms with Crippen molar-refractivity contribution in [1.29, 1.82) is 0 Å². The zero-order chi connectivity index (χ0) is 14.4. The average Bonchev–Trinajstić information content (AvgIpc) is 3.07. The van der Waals surface area contributed by atoms with Crippen molar-refractivity contribution in [2.24, 2.45) is 11.7 Å². The normalized spacial score (nSPS) is 23.9. The van der Waals surface area contributed by atoms with Crippen LogP contribution in [0.2, 0.25) is 0 Å². The highest BCUT2D eigenvalue weighted by atomic mass is 32.2. The van der Waals surface area contributed by atoms with Crippen LogP contribution in [0.1, 0.15) is 37.4 Å². The van der Waals surface area contributed by atoms with Gasteiger partial charge in [-0.15, -0.1) is 0 Å².